The number of rotatable bonds is 6. The molecule has 0 spiro atoms. The van der Waals surface area contributed by atoms with Crippen LogP contribution in [0.4, 0.5) is 0 Å². The molecule has 1 amide bonds. The molecule has 1 saturated heterocycles. The highest BCUT2D eigenvalue weighted by Crippen LogP contribution is 2.24. The molecule has 1 aromatic carbocycles. The Labute approximate surface area is 137 Å². The predicted octanol–water partition coefficient (Wildman–Crippen LogP) is 1.13. The molecule has 0 bridgehead atoms. The van der Waals surface area contributed by atoms with E-state index in [1.54, 1.807) is 28.1 Å². The Morgan fingerprint density at radius 2 is 1.91 bits per heavy atom. The summed E-state index contributed by atoms with van der Waals surface area (Å²) >= 11 is 0. The number of amides is 1. The molecule has 1 aliphatic rings. The van der Waals surface area contributed by atoms with Gasteiger partial charge in [-0.1, -0.05) is 0 Å². The Morgan fingerprint density at radius 3 is 2.43 bits per heavy atom. The van der Waals surface area contributed by atoms with Gasteiger partial charge >= 0.3 is 0 Å². The van der Waals surface area contributed by atoms with Gasteiger partial charge in [0.05, 0.1) is 19.8 Å². The fraction of sp³-hybridized carbons (Fsp3) is 0.588. The number of carbonyl (C=O) groups is 1. The van der Waals surface area contributed by atoms with Gasteiger partial charge in [-0.15, -0.1) is 0 Å². The Bertz CT molecular complexity index is 532. The summed E-state index contributed by atoms with van der Waals surface area (Å²) in [6.45, 7) is 6.00. The van der Waals surface area contributed by atoms with E-state index in [1.807, 2.05) is 18.2 Å². The molecule has 1 fully saturated rings. The lowest BCUT2D eigenvalue weighted by atomic mass is 10.1. The lowest BCUT2D eigenvalue weighted by Crippen LogP contribution is -2.52. The van der Waals surface area contributed by atoms with Crippen LogP contribution in [0, 0.1) is 0 Å². The van der Waals surface area contributed by atoms with Crippen LogP contribution in [0.3, 0.4) is 0 Å². The van der Waals surface area contributed by atoms with Gasteiger partial charge in [0.25, 0.3) is 0 Å². The monoisotopic (exact) mass is 321 g/mol. The van der Waals surface area contributed by atoms with E-state index >= 15 is 0 Å². The number of benzene rings is 1. The summed E-state index contributed by atoms with van der Waals surface area (Å²) in [5, 5.41) is 3.02. The van der Waals surface area contributed by atoms with Crippen molar-refractivity contribution >= 4 is 5.91 Å². The highest BCUT2D eigenvalue weighted by molar-refractivity contribution is 5.85. The fourth-order valence-corrected chi connectivity index (χ4v) is 2.68. The third-order valence-corrected chi connectivity index (χ3v) is 4.01. The molecule has 6 nitrogen and oxygen atoms in total. The molecule has 1 atom stereocenters. The van der Waals surface area contributed by atoms with Gasteiger partial charge in [0.1, 0.15) is 11.5 Å². The first-order valence-electron chi connectivity index (χ1n) is 7.86. The number of nitrogens with two attached hydrogens (primary N) is 1. The first-order valence-corrected chi connectivity index (χ1v) is 7.86. The molecule has 1 unspecified atom stereocenters. The molecular formula is C17H27N3O3. The van der Waals surface area contributed by atoms with E-state index in [9.17, 15) is 4.79 Å². The van der Waals surface area contributed by atoms with E-state index in [-0.39, 0.29) is 11.9 Å². The van der Waals surface area contributed by atoms with E-state index in [0.29, 0.717) is 0 Å². The number of hydrogen-bond acceptors (Lipinski definition) is 5. The second-order valence-electron chi connectivity index (χ2n) is 6.64. The molecule has 6 heteroatoms. The van der Waals surface area contributed by atoms with Crippen LogP contribution in [0.1, 0.15) is 25.8 Å². The Kier molecular flexibility index (Phi) is 5.49. The van der Waals surface area contributed by atoms with Crippen LogP contribution in [-0.2, 0) is 11.3 Å². The maximum atomic E-state index is 12.0. The van der Waals surface area contributed by atoms with Gasteiger partial charge < -0.3 is 20.5 Å². The van der Waals surface area contributed by atoms with Crippen LogP contribution in [0.2, 0.25) is 0 Å². The van der Waals surface area contributed by atoms with Gasteiger partial charge in [-0.05, 0) is 38.0 Å². The zero-order valence-corrected chi connectivity index (χ0v) is 14.4. The van der Waals surface area contributed by atoms with Crippen LogP contribution in [0.15, 0.2) is 18.2 Å². The van der Waals surface area contributed by atoms with Gasteiger partial charge in [-0.25, -0.2) is 0 Å². The van der Waals surface area contributed by atoms with Crippen LogP contribution in [0.5, 0.6) is 11.5 Å². The van der Waals surface area contributed by atoms with Crippen molar-refractivity contribution in [2.45, 2.75) is 38.4 Å². The average Bonchev–Trinajstić information content (AvgIpc) is 2.92. The number of nitrogens with one attached hydrogen (secondary N) is 1. The Balaban J connectivity index is 1.94. The number of hydrogen-bond donors (Lipinski definition) is 2. The quantitative estimate of drug-likeness (QED) is 0.821. The molecule has 0 radical (unpaired) electrons. The number of methoxy groups -OCH3 is 2. The number of carbonyl (C=O) groups excluding carboxylic acids is 1. The number of likely N-dealkylation sites (tertiary alicyclic amines) is 1. The van der Waals surface area contributed by atoms with Crippen molar-refractivity contribution in [3.63, 3.8) is 0 Å². The second kappa shape index (κ2) is 7.19. The minimum Gasteiger partial charge on any atom is -0.497 e. The van der Waals surface area contributed by atoms with Crippen molar-refractivity contribution in [2.24, 2.45) is 5.73 Å². The maximum absolute atomic E-state index is 12.0. The number of nitrogens with zero attached hydrogens (tertiary/aromatic N) is 1. The van der Waals surface area contributed by atoms with E-state index in [2.05, 4.69) is 10.2 Å². The molecule has 3 N–H and O–H groups in total. The average molecular weight is 321 g/mol. The summed E-state index contributed by atoms with van der Waals surface area (Å²) in [5.41, 5.74) is 6.12. The lowest BCUT2D eigenvalue weighted by Gasteiger charge is -2.22. The molecule has 0 aromatic heterocycles. The largest absolute Gasteiger partial charge is 0.497 e. The molecule has 2 rings (SSSR count). The Hall–Kier alpha value is -1.79. The molecular weight excluding hydrogens is 294 g/mol. The maximum Gasteiger partial charge on any atom is 0.239 e. The molecule has 1 heterocycles. The minimum absolute atomic E-state index is 0.104. The third kappa shape index (κ3) is 4.84. The van der Waals surface area contributed by atoms with Crippen molar-refractivity contribution in [1.82, 2.24) is 10.2 Å². The van der Waals surface area contributed by atoms with E-state index in [1.165, 1.54) is 0 Å². The van der Waals surface area contributed by atoms with Crippen LogP contribution in [-0.4, -0.2) is 49.7 Å². The summed E-state index contributed by atoms with van der Waals surface area (Å²) in [4.78, 5) is 14.3. The lowest BCUT2D eigenvalue weighted by molar-refractivity contribution is -0.125. The Morgan fingerprint density at radius 1 is 1.30 bits per heavy atom. The summed E-state index contributed by atoms with van der Waals surface area (Å²) in [6.07, 6.45) is 0.933. The zero-order valence-electron chi connectivity index (χ0n) is 14.4. The SMILES string of the molecule is COc1cc(CN2CCC(NC(=O)C(C)(C)N)C2)cc(OC)c1. The van der Waals surface area contributed by atoms with Crippen molar-refractivity contribution in [1.29, 1.82) is 0 Å². The summed E-state index contributed by atoms with van der Waals surface area (Å²) < 4.78 is 10.6. The minimum atomic E-state index is -0.840. The predicted molar refractivity (Wildman–Crippen MR) is 89.6 cm³/mol. The summed E-state index contributed by atoms with van der Waals surface area (Å²) in [7, 11) is 3.29. The van der Waals surface area contributed by atoms with E-state index in [0.717, 1.165) is 43.1 Å². The molecule has 128 valence electrons. The van der Waals surface area contributed by atoms with Gasteiger partial charge in [0, 0.05) is 31.7 Å². The topological polar surface area (TPSA) is 76.8 Å². The molecule has 1 aromatic rings. The normalized spacial score (nSPS) is 18.7. The van der Waals surface area contributed by atoms with Crippen molar-refractivity contribution < 1.29 is 14.3 Å². The van der Waals surface area contributed by atoms with Crippen LogP contribution >= 0.6 is 0 Å². The van der Waals surface area contributed by atoms with E-state index in [4.69, 9.17) is 15.2 Å². The first-order chi connectivity index (χ1) is 10.8. The highest BCUT2D eigenvalue weighted by atomic mass is 16.5. The van der Waals surface area contributed by atoms with Crippen LogP contribution in [0.25, 0.3) is 0 Å². The second-order valence-corrected chi connectivity index (χ2v) is 6.64. The molecule has 23 heavy (non-hydrogen) atoms. The molecule has 0 aliphatic carbocycles. The van der Waals surface area contributed by atoms with Gasteiger partial charge in [-0.2, -0.15) is 0 Å². The van der Waals surface area contributed by atoms with Crippen molar-refractivity contribution in [2.75, 3.05) is 27.3 Å². The van der Waals surface area contributed by atoms with Crippen molar-refractivity contribution in [3.8, 4) is 11.5 Å². The van der Waals surface area contributed by atoms with Gasteiger partial charge in [0.2, 0.25) is 5.91 Å². The number of ether oxygens (including phenoxy) is 2. The van der Waals surface area contributed by atoms with Gasteiger partial charge in [-0.3, -0.25) is 9.69 Å². The zero-order chi connectivity index (χ0) is 17.0. The molecule has 1 aliphatic heterocycles. The van der Waals surface area contributed by atoms with E-state index < -0.39 is 5.54 Å². The van der Waals surface area contributed by atoms with Crippen molar-refractivity contribution in [3.05, 3.63) is 23.8 Å². The summed E-state index contributed by atoms with van der Waals surface area (Å²) in [6, 6.07) is 6.03. The standard InChI is InChI=1S/C17H27N3O3/c1-17(2,18)16(21)19-13-5-6-20(11-13)10-12-7-14(22-3)9-15(8-12)23-4/h7-9,13H,5-6,10-11,18H2,1-4H3,(H,19,21). The summed E-state index contributed by atoms with van der Waals surface area (Å²) in [5.74, 6) is 1.47. The first kappa shape index (κ1) is 17.6. The van der Waals surface area contributed by atoms with Crippen LogP contribution < -0.4 is 20.5 Å². The highest BCUT2D eigenvalue weighted by Gasteiger charge is 2.28. The third-order valence-electron chi connectivity index (χ3n) is 4.01. The smallest absolute Gasteiger partial charge is 0.239 e. The van der Waals surface area contributed by atoms with Gasteiger partial charge in [0.15, 0.2) is 0 Å². The fourth-order valence-electron chi connectivity index (χ4n) is 2.68. The molecule has 0 saturated carbocycles.